The van der Waals surface area contributed by atoms with Crippen LogP contribution in [0.5, 0.6) is 0 Å². The summed E-state index contributed by atoms with van der Waals surface area (Å²) in [6, 6.07) is 5.19. The number of aromatic nitrogens is 2. The molecule has 0 saturated carbocycles. The molecule has 4 nitrogen and oxygen atoms in total. The van der Waals surface area contributed by atoms with Crippen LogP contribution in [0.3, 0.4) is 0 Å². The van der Waals surface area contributed by atoms with E-state index in [2.05, 4.69) is 16.5 Å². The quantitative estimate of drug-likeness (QED) is 0.611. The van der Waals surface area contributed by atoms with E-state index in [9.17, 15) is 4.79 Å². The van der Waals surface area contributed by atoms with Gasteiger partial charge in [-0.05, 0) is 18.2 Å². The summed E-state index contributed by atoms with van der Waals surface area (Å²) < 4.78 is 4.91. The molecule has 76 valence electrons. The summed E-state index contributed by atoms with van der Waals surface area (Å²) in [4.78, 5) is 18.5. The molecule has 0 atom stereocenters. The summed E-state index contributed by atoms with van der Waals surface area (Å²) in [5.41, 5.74) is 2.15. The van der Waals surface area contributed by atoms with Crippen molar-refractivity contribution in [1.29, 1.82) is 0 Å². The van der Waals surface area contributed by atoms with Crippen molar-refractivity contribution in [1.82, 2.24) is 9.97 Å². The fraction of sp³-hybridized carbons (Fsp3) is 0.0909. The van der Waals surface area contributed by atoms with Crippen molar-refractivity contribution in [3.8, 4) is 0 Å². The van der Waals surface area contributed by atoms with E-state index >= 15 is 0 Å². The van der Waals surface area contributed by atoms with Gasteiger partial charge in [-0.1, -0.05) is 12.7 Å². The fourth-order valence-corrected chi connectivity index (χ4v) is 1.28. The highest BCUT2D eigenvalue weighted by molar-refractivity contribution is 5.93. The van der Waals surface area contributed by atoms with Crippen molar-refractivity contribution < 1.29 is 9.53 Å². The van der Waals surface area contributed by atoms with Crippen molar-refractivity contribution in [2.24, 2.45) is 0 Å². The maximum absolute atomic E-state index is 11.5. The third-order valence-electron chi connectivity index (χ3n) is 1.99. The molecule has 0 fully saturated rings. The van der Waals surface area contributed by atoms with Crippen LogP contribution in [0.1, 0.15) is 10.4 Å². The van der Waals surface area contributed by atoms with E-state index in [4.69, 9.17) is 4.74 Å². The minimum absolute atomic E-state index is 0.220. The normalized spacial score (nSPS) is 10.1. The molecule has 0 aliphatic rings. The molecule has 1 aromatic carbocycles. The van der Waals surface area contributed by atoms with E-state index in [0.29, 0.717) is 5.56 Å². The summed E-state index contributed by atoms with van der Waals surface area (Å²) in [6.45, 7) is 3.69. The number of benzene rings is 1. The molecule has 2 rings (SSSR count). The van der Waals surface area contributed by atoms with E-state index in [0.717, 1.165) is 11.0 Å². The van der Waals surface area contributed by atoms with Gasteiger partial charge in [0.05, 0.1) is 22.9 Å². The van der Waals surface area contributed by atoms with Gasteiger partial charge in [0.15, 0.2) is 0 Å². The lowest BCUT2D eigenvalue weighted by molar-refractivity contribution is 0.0550. The van der Waals surface area contributed by atoms with Gasteiger partial charge < -0.3 is 9.72 Å². The second-order valence-corrected chi connectivity index (χ2v) is 3.02. The van der Waals surface area contributed by atoms with Crippen molar-refractivity contribution in [2.75, 3.05) is 6.61 Å². The molecule has 1 N–H and O–H groups in total. The average Bonchev–Trinajstić information content (AvgIpc) is 2.72. The molecular formula is C11H10N2O2. The second kappa shape index (κ2) is 3.96. The second-order valence-electron chi connectivity index (χ2n) is 3.02. The Morgan fingerprint density at radius 1 is 1.60 bits per heavy atom. The van der Waals surface area contributed by atoms with Crippen LogP contribution in [0, 0.1) is 0 Å². The highest BCUT2D eigenvalue weighted by Gasteiger charge is 2.07. The van der Waals surface area contributed by atoms with Gasteiger partial charge in [-0.3, -0.25) is 0 Å². The molecule has 0 spiro atoms. The Morgan fingerprint density at radius 3 is 3.27 bits per heavy atom. The van der Waals surface area contributed by atoms with Crippen LogP contribution in [-0.4, -0.2) is 22.5 Å². The number of nitrogens with one attached hydrogen (secondary N) is 1. The van der Waals surface area contributed by atoms with Gasteiger partial charge in [0.25, 0.3) is 0 Å². The molecule has 0 bridgehead atoms. The van der Waals surface area contributed by atoms with Gasteiger partial charge in [-0.15, -0.1) is 0 Å². The predicted octanol–water partition coefficient (Wildman–Crippen LogP) is 1.91. The number of ether oxygens (including phenoxy) is 1. The van der Waals surface area contributed by atoms with Crippen molar-refractivity contribution in [2.45, 2.75) is 0 Å². The van der Waals surface area contributed by atoms with Crippen LogP contribution in [-0.2, 0) is 4.74 Å². The average molecular weight is 202 g/mol. The van der Waals surface area contributed by atoms with Crippen molar-refractivity contribution >= 4 is 17.0 Å². The first-order chi connectivity index (χ1) is 7.31. The molecule has 0 amide bonds. The number of imidazole rings is 1. The van der Waals surface area contributed by atoms with Gasteiger partial charge in [0.2, 0.25) is 0 Å². The van der Waals surface area contributed by atoms with Crippen LogP contribution in [0.25, 0.3) is 11.0 Å². The lowest BCUT2D eigenvalue weighted by atomic mass is 10.2. The standard InChI is InChI=1S/C11H10N2O2/c1-2-5-15-11(14)8-3-4-9-10(6-8)13-7-12-9/h2-4,6-7H,1,5H2,(H,12,13). The van der Waals surface area contributed by atoms with E-state index in [1.54, 1.807) is 24.5 Å². The summed E-state index contributed by atoms with van der Waals surface area (Å²) >= 11 is 0. The maximum Gasteiger partial charge on any atom is 0.338 e. The number of rotatable bonds is 3. The molecule has 0 radical (unpaired) electrons. The molecule has 4 heteroatoms. The Kier molecular flexibility index (Phi) is 2.49. The number of fused-ring (bicyclic) bond motifs is 1. The molecule has 0 aliphatic heterocycles. The van der Waals surface area contributed by atoms with Crippen molar-refractivity contribution in [3.63, 3.8) is 0 Å². The summed E-state index contributed by atoms with van der Waals surface area (Å²) in [6.07, 6.45) is 3.12. The highest BCUT2D eigenvalue weighted by Crippen LogP contribution is 2.12. The van der Waals surface area contributed by atoms with E-state index in [1.165, 1.54) is 6.08 Å². The SMILES string of the molecule is C=CCOC(=O)c1ccc2[nH]cnc2c1. The predicted molar refractivity (Wildman–Crippen MR) is 56.6 cm³/mol. The third kappa shape index (κ3) is 1.88. The monoisotopic (exact) mass is 202 g/mol. The minimum Gasteiger partial charge on any atom is -0.458 e. The largest absolute Gasteiger partial charge is 0.458 e. The fourth-order valence-electron chi connectivity index (χ4n) is 1.28. The zero-order chi connectivity index (χ0) is 10.7. The van der Waals surface area contributed by atoms with Crippen LogP contribution in [0.4, 0.5) is 0 Å². The number of carbonyl (C=O) groups is 1. The lowest BCUT2D eigenvalue weighted by Gasteiger charge is -2.00. The number of carbonyl (C=O) groups excluding carboxylic acids is 1. The Hall–Kier alpha value is -2.10. The first-order valence-electron chi connectivity index (χ1n) is 4.52. The van der Waals surface area contributed by atoms with Crippen LogP contribution >= 0.6 is 0 Å². The first-order valence-corrected chi connectivity index (χ1v) is 4.52. The summed E-state index contributed by atoms with van der Waals surface area (Å²) in [5.74, 6) is -0.361. The molecular weight excluding hydrogens is 192 g/mol. The summed E-state index contributed by atoms with van der Waals surface area (Å²) in [7, 11) is 0. The van der Waals surface area contributed by atoms with Gasteiger partial charge in [0.1, 0.15) is 6.61 Å². The van der Waals surface area contributed by atoms with Crippen molar-refractivity contribution in [3.05, 3.63) is 42.7 Å². The van der Waals surface area contributed by atoms with E-state index in [-0.39, 0.29) is 12.6 Å². The van der Waals surface area contributed by atoms with E-state index < -0.39 is 0 Å². The molecule has 2 aromatic rings. The number of nitrogens with zero attached hydrogens (tertiary/aromatic N) is 1. The Balaban J connectivity index is 2.27. The number of aromatic amines is 1. The first kappa shape index (κ1) is 9.45. The minimum atomic E-state index is -0.361. The molecule has 0 saturated heterocycles. The molecule has 1 aromatic heterocycles. The zero-order valence-corrected chi connectivity index (χ0v) is 8.06. The number of hydrogen-bond acceptors (Lipinski definition) is 3. The van der Waals surface area contributed by atoms with Gasteiger partial charge in [-0.25, -0.2) is 9.78 Å². The lowest BCUT2D eigenvalue weighted by Crippen LogP contribution is -2.04. The number of hydrogen-bond donors (Lipinski definition) is 1. The number of esters is 1. The highest BCUT2D eigenvalue weighted by atomic mass is 16.5. The molecule has 0 aliphatic carbocycles. The van der Waals surface area contributed by atoms with Gasteiger partial charge in [-0.2, -0.15) is 0 Å². The zero-order valence-electron chi connectivity index (χ0n) is 8.06. The topological polar surface area (TPSA) is 55.0 Å². The van der Waals surface area contributed by atoms with Gasteiger partial charge in [0, 0.05) is 0 Å². The maximum atomic E-state index is 11.5. The third-order valence-corrected chi connectivity index (χ3v) is 1.99. The van der Waals surface area contributed by atoms with Crippen LogP contribution < -0.4 is 0 Å². The van der Waals surface area contributed by atoms with Crippen LogP contribution in [0.15, 0.2) is 37.2 Å². The van der Waals surface area contributed by atoms with Crippen LogP contribution in [0.2, 0.25) is 0 Å². The Labute approximate surface area is 86.6 Å². The number of H-pyrrole nitrogens is 1. The van der Waals surface area contributed by atoms with E-state index in [1.807, 2.05) is 0 Å². The molecule has 15 heavy (non-hydrogen) atoms. The Morgan fingerprint density at radius 2 is 2.47 bits per heavy atom. The smallest absolute Gasteiger partial charge is 0.338 e. The molecule has 0 unspecified atom stereocenters. The van der Waals surface area contributed by atoms with Gasteiger partial charge >= 0.3 is 5.97 Å². The Bertz CT molecular complexity index is 502. The summed E-state index contributed by atoms with van der Waals surface area (Å²) in [5, 5.41) is 0. The molecule has 1 heterocycles.